The Morgan fingerprint density at radius 3 is 2.63 bits per heavy atom. The Balaban J connectivity index is 2.18. The Hall–Kier alpha value is -0.660. The molecule has 0 spiro atoms. The van der Waals surface area contributed by atoms with Gasteiger partial charge < -0.3 is 5.11 Å². The number of carbonyl (C=O) groups is 1. The Kier molecular flexibility index (Phi) is 4.17. The second-order valence-corrected chi connectivity index (χ2v) is 7.79. The van der Waals surface area contributed by atoms with Gasteiger partial charge in [0, 0.05) is 25.2 Å². The molecule has 0 aromatic carbocycles. The molecule has 0 aliphatic carbocycles. The number of rotatable bonds is 3. The van der Waals surface area contributed by atoms with E-state index in [-0.39, 0.29) is 12.1 Å². The highest BCUT2D eigenvalue weighted by molar-refractivity contribution is 7.90. The topological polar surface area (TPSA) is 77.9 Å². The van der Waals surface area contributed by atoms with Gasteiger partial charge in [-0.3, -0.25) is 9.69 Å². The lowest BCUT2D eigenvalue weighted by Crippen LogP contribution is -2.61. The summed E-state index contributed by atoms with van der Waals surface area (Å²) in [6.45, 7) is 5.27. The maximum absolute atomic E-state index is 12.3. The maximum Gasteiger partial charge on any atom is 0.323 e. The van der Waals surface area contributed by atoms with Gasteiger partial charge in [0.05, 0.1) is 0 Å². The van der Waals surface area contributed by atoms with Crippen molar-refractivity contribution in [1.82, 2.24) is 9.21 Å². The molecule has 0 aromatic rings. The van der Waals surface area contributed by atoms with Crippen molar-refractivity contribution in [1.29, 1.82) is 0 Å². The van der Waals surface area contributed by atoms with Gasteiger partial charge in [0.15, 0.2) is 5.25 Å². The fraction of sp³-hybridized carbons (Fsp3) is 0.917. The molecule has 0 saturated carbocycles. The molecule has 2 aliphatic rings. The number of sulfonamides is 1. The molecule has 0 bridgehead atoms. The summed E-state index contributed by atoms with van der Waals surface area (Å²) in [6, 6.07) is 0.0990. The first-order valence-electron chi connectivity index (χ1n) is 6.81. The number of carboxylic acids is 1. The van der Waals surface area contributed by atoms with Crippen molar-refractivity contribution in [3.05, 3.63) is 0 Å². The molecule has 2 fully saturated rings. The van der Waals surface area contributed by atoms with Crippen molar-refractivity contribution >= 4 is 16.0 Å². The van der Waals surface area contributed by atoms with Gasteiger partial charge >= 0.3 is 5.97 Å². The smallest absolute Gasteiger partial charge is 0.323 e. The minimum absolute atomic E-state index is 0.152. The van der Waals surface area contributed by atoms with E-state index in [4.69, 9.17) is 5.11 Å². The summed E-state index contributed by atoms with van der Waals surface area (Å²) >= 11 is 0. The number of piperidine rings is 1. The summed E-state index contributed by atoms with van der Waals surface area (Å²) in [6.07, 6.45) is 3.29. The number of aliphatic carboxylic acids is 1. The molecule has 0 aromatic heterocycles. The zero-order valence-corrected chi connectivity index (χ0v) is 12.3. The summed E-state index contributed by atoms with van der Waals surface area (Å²) in [5, 5.41) is 7.58. The van der Waals surface area contributed by atoms with E-state index in [1.54, 1.807) is 0 Å². The monoisotopic (exact) mass is 290 g/mol. The fourth-order valence-corrected chi connectivity index (χ4v) is 4.62. The molecule has 3 atom stereocenters. The summed E-state index contributed by atoms with van der Waals surface area (Å²) < 4.78 is 26.1. The van der Waals surface area contributed by atoms with E-state index in [1.807, 2.05) is 6.92 Å². The Morgan fingerprint density at radius 1 is 1.32 bits per heavy atom. The standard InChI is InChI=1S/C12H22N2O4S/c1-9-7-13-6-4-3-5-11(13)8-14(9)19(17,18)10(2)12(15)16/h9-11H,3-8H2,1-2H3,(H,15,16). The van der Waals surface area contributed by atoms with Crippen LogP contribution in [0.2, 0.25) is 0 Å². The average Bonchev–Trinajstić information content (AvgIpc) is 2.36. The van der Waals surface area contributed by atoms with E-state index >= 15 is 0 Å². The molecule has 7 heteroatoms. The van der Waals surface area contributed by atoms with Crippen molar-refractivity contribution in [2.45, 2.75) is 50.4 Å². The molecule has 2 rings (SSSR count). The van der Waals surface area contributed by atoms with Crippen LogP contribution in [-0.2, 0) is 14.8 Å². The van der Waals surface area contributed by atoms with Crippen molar-refractivity contribution < 1.29 is 18.3 Å². The molecule has 3 unspecified atom stereocenters. The van der Waals surface area contributed by atoms with Gasteiger partial charge in [-0.2, -0.15) is 4.31 Å². The van der Waals surface area contributed by atoms with Crippen LogP contribution in [0.15, 0.2) is 0 Å². The van der Waals surface area contributed by atoms with Crippen LogP contribution in [0.3, 0.4) is 0 Å². The van der Waals surface area contributed by atoms with Crippen LogP contribution in [0.25, 0.3) is 0 Å². The molecule has 0 radical (unpaired) electrons. The van der Waals surface area contributed by atoms with Gasteiger partial charge in [-0.25, -0.2) is 8.42 Å². The van der Waals surface area contributed by atoms with Gasteiger partial charge in [0.25, 0.3) is 0 Å². The highest BCUT2D eigenvalue weighted by atomic mass is 32.2. The Morgan fingerprint density at radius 2 is 2.00 bits per heavy atom. The lowest BCUT2D eigenvalue weighted by atomic mass is 9.99. The van der Waals surface area contributed by atoms with E-state index in [9.17, 15) is 13.2 Å². The van der Waals surface area contributed by atoms with E-state index < -0.39 is 21.2 Å². The van der Waals surface area contributed by atoms with Crippen LogP contribution < -0.4 is 0 Å². The highest BCUT2D eigenvalue weighted by Crippen LogP contribution is 2.27. The van der Waals surface area contributed by atoms with Gasteiger partial charge in [-0.1, -0.05) is 6.42 Å². The van der Waals surface area contributed by atoms with Crippen LogP contribution in [-0.4, -0.2) is 65.7 Å². The molecular formula is C12H22N2O4S. The molecule has 19 heavy (non-hydrogen) atoms. The summed E-state index contributed by atoms with van der Waals surface area (Å²) in [5.74, 6) is -1.28. The minimum Gasteiger partial charge on any atom is -0.480 e. The lowest BCUT2D eigenvalue weighted by Gasteiger charge is -2.47. The summed E-state index contributed by atoms with van der Waals surface area (Å²) in [5.41, 5.74) is 0. The SMILES string of the molecule is CC1CN2CCCCC2CN1S(=O)(=O)C(C)C(=O)O. The summed E-state index contributed by atoms with van der Waals surface area (Å²) in [4.78, 5) is 13.3. The predicted octanol–water partition coefficient (Wildman–Crippen LogP) is 0.348. The normalized spacial score (nSPS) is 31.7. The third-order valence-corrected chi connectivity index (χ3v) is 6.51. The molecule has 0 amide bonds. The van der Waals surface area contributed by atoms with Crippen LogP contribution in [0.1, 0.15) is 33.1 Å². The van der Waals surface area contributed by atoms with E-state index in [2.05, 4.69) is 4.90 Å². The first-order valence-corrected chi connectivity index (χ1v) is 8.32. The van der Waals surface area contributed by atoms with E-state index in [1.165, 1.54) is 17.6 Å². The van der Waals surface area contributed by atoms with Gasteiger partial charge in [-0.05, 0) is 33.2 Å². The fourth-order valence-electron chi connectivity index (χ4n) is 3.01. The molecule has 2 aliphatic heterocycles. The number of carboxylic acid groups (broad SMARTS) is 1. The number of hydrogen-bond acceptors (Lipinski definition) is 4. The Labute approximate surface area is 114 Å². The first kappa shape index (κ1) is 14.7. The van der Waals surface area contributed by atoms with Crippen molar-refractivity contribution in [2.75, 3.05) is 19.6 Å². The van der Waals surface area contributed by atoms with Crippen molar-refractivity contribution in [3.8, 4) is 0 Å². The number of fused-ring (bicyclic) bond motifs is 1. The van der Waals surface area contributed by atoms with Crippen LogP contribution in [0, 0.1) is 0 Å². The van der Waals surface area contributed by atoms with Crippen molar-refractivity contribution in [2.24, 2.45) is 0 Å². The van der Waals surface area contributed by atoms with Crippen LogP contribution in [0.4, 0.5) is 0 Å². The number of hydrogen-bond donors (Lipinski definition) is 1. The third-order valence-electron chi connectivity index (χ3n) is 4.25. The van der Waals surface area contributed by atoms with Crippen LogP contribution in [0.5, 0.6) is 0 Å². The van der Waals surface area contributed by atoms with E-state index in [0.717, 1.165) is 19.4 Å². The van der Waals surface area contributed by atoms with Gasteiger partial charge in [-0.15, -0.1) is 0 Å². The molecule has 2 saturated heterocycles. The highest BCUT2D eigenvalue weighted by Gasteiger charge is 2.42. The second kappa shape index (κ2) is 5.38. The molecule has 110 valence electrons. The molecule has 2 heterocycles. The Bertz CT molecular complexity index is 451. The third kappa shape index (κ3) is 2.78. The van der Waals surface area contributed by atoms with Crippen molar-refractivity contribution in [3.63, 3.8) is 0 Å². The van der Waals surface area contributed by atoms with Gasteiger partial charge in [0.2, 0.25) is 10.0 Å². The second-order valence-electron chi connectivity index (χ2n) is 5.59. The largest absolute Gasteiger partial charge is 0.480 e. The zero-order valence-electron chi connectivity index (χ0n) is 11.4. The summed E-state index contributed by atoms with van der Waals surface area (Å²) in [7, 11) is -3.75. The zero-order chi connectivity index (χ0) is 14.2. The quantitative estimate of drug-likeness (QED) is 0.811. The first-order chi connectivity index (χ1) is 8.84. The number of piperazine rings is 1. The molecular weight excluding hydrogens is 268 g/mol. The molecule has 6 nitrogen and oxygen atoms in total. The minimum atomic E-state index is -3.75. The average molecular weight is 290 g/mol. The maximum atomic E-state index is 12.3. The van der Waals surface area contributed by atoms with Crippen LogP contribution >= 0.6 is 0 Å². The van der Waals surface area contributed by atoms with Gasteiger partial charge in [0.1, 0.15) is 0 Å². The molecule has 1 N–H and O–H groups in total. The lowest BCUT2D eigenvalue weighted by molar-refractivity contribution is -0.136. The predicted molar refractivity (Wildman–Crippen MR) is 71.4 cm³/mol. The number of nitrogens with zero attached hydrogens (tertiary/aromatic N) is 2. The van der Waals surface area contributed by atoms with E-state index in [0.29, 0.717) is 13.1 Å².